The van der Waals surface area contributed by atoms with Crippen molar-refractivity contribution in [1.82, 2.24) is 74.8 Å². The molecule has 0 saturated heterocycles. The van der Waals surface area contributed by atoms with Crippen LogP contribution in [0.2, 0.25) is 0 Å². The molecule has 25 heteroatoms. The molecule has 3 aliphatic rings. The predicted octanol–water partition coefficient (Wildman–Crippen LogP) is 20.2. The van der Waals surface area contributed by atoms with Crippen molar-refractivity contribution < 1.29 is 18.9 Å². The van der Waals surface area contributed by atoms with E-state index in [1.165, 1.54) is 111 Å². The summed E-state index contributed by atoms with van der Waals surface area (Å²) in [5.74, 6) is 8.01. The largest absolute Gasteiger partial charge is 0.480 e. The van der Waals surface area contributed by atoms with E-state index in [4.69, 9.17) is 38.9 Å². The van der Waals surface area contributed by atoms with Crippen molar-refractivity contribution in [2.24, 2.45) is 0 Å². The maximum atomic E-state index is 12.0. The van der Waals surface area contributed by atoms with Gasteiger partial charge in [-0.3, -0.25) is 29.7 Å². The van der Waals surface area contributed by atoms with E-state index in [1.807, 2.05) is 105 Å². The molecule has 1 unspecified atom stereocenters. The summed E-state index contributed by atoms with van der Waals surface area (Å²) in [6, 6.07) is 28.6. The highest BCUT2D eigenvalue weighted by Crippen LogP contribution is 2.46. The van der Waals surface area contributed by atoms with Crippen LogP contribution in [-0.2, 0) is 0 Å². The van der Waals surface area contributed by atoms with Gasteiger partial charge in [-0.05, 0) is 192 Å². The first-order valence-electron chi connectivity index (χ1n) is 35.4. The average molecular weight is 1490 g/mol. The minimum Gasteiger partial charge on any atom is -0.480 e. The summed E-state index contributed by atoms with van der Waals surface area (Å²) in [5, 5.41) is 8.87. The molecule has 0 aliphatic heterocycles. The van der Waals surface area contributed by atoms with E-state index in [1.54, 1.807) is 105 Å². The molecule has 105 heavy (non-hydrogen) atoms. The van der Waals surface area contributed by atoms with E-state index in [0.717, 1.165) is 86.0 Å². The number of rotatable bonds is 14. The second-order valence-electron chi connectivity index (χ2n) is 25.9. The SMILES string of the molecule is CCC(C)c1csc2c(OC)nc(-c3ccccn3)nc12.COc1nc(-c2ccccn2)nc2c(C3CCC3)csc12.COc1nc(-c2ccccn2)nc2c(C3CCCC3)csc12.COc1nc(-c2ccccn2)nc2c(C3CCCCC3)csc12.Cc1sc2c(=O)[nH]c(-c3ccccn3)nc2c1C. The third kappa shape index (κ3) is 15.7. The van der Waals surface area contributed by atoms with Crippen molar-refractivity contribution in [3.8, 4) is 81.1 Å². The van der Waals surface area contributed by atoms with E-state index in [-0.39, 0.29) is 5.56 Å². The minimum absolute atomic E-state index is 0.0955. The highest BCUT2D eigenvalue weighted by atomic mass is 32.1. The van der Waals surface area contributed by atoms with Gasteiger partial charge in [-0.15, -0.1) is 56.7 Å². The fraction of sp³-hybridized carbons (Fsp3) is 0.312. The Morgan fingerprint density at radius 2 is 0.752 bits per heavy atom. The summed E-state index contributed by atoms with van der Waals surface area (Å²) in [6.45, 7) is 8.40. The van der Waals surface area contributed by atoms with Gasteiger partial charge in [0, 0.05) is 35.9 Å². The lowest BCUT2D eigenvalue weighted by Crippen LogP contribution is -2.08. The zero-order chi connectivity index (χ0) is 72.3. The molecular weight excluding hydrogens is 1410 g/mol. The second kappa shape index (κ2) is 33.4. The third-order valence-electron chi connectivity index (χ3n) is 19.4. The molecule has 1 N–H and O–H groups in total. The van der Waals surface area contributed by atoms with Gasteiger partial charge in [0.25, 0.3) is 5.56 Å². The Balaban J connectivity index is 0.000000111. The van der Waals surface area contributed by atoms with Gasteiger partial charge >= 0.3 is 0 Å². The van der Waals surface area contributed by atoms with Gasteiger partial charge in [0.15, 0.2) is 29.1 Å². The van der Waals surface area contributed by atoms with Gasteiger partial charge in [0.1, 0.15) is 52.0 Å². The number of pyridine rings is 5. The lowest BCUT2D eigenvalue weighted by Gasteiger charge is -2.24. The number of ether oxygens (including phenoxy) is 4. The van der Waals surface area contributed by atoms with E-state index in [0.29, 0.717) is 86.7 Å². The quantitative estimate of drug-likeness (QED) is 0.106. The molecule has 0 amide bonds. The van der Waals surface area contributed by atoms with Gasteiger partial charge in [0.05, 0.1) is 56.0 Å². The summed E-state index contributed by atoms with van der Waals surface area (Å²) >= 11 is 8.18. The van der Waals surface area contributed by atoms with Crippen LogP contribution >= 0.6 is 56.7 Å². The molecule has 534 valence electrons. The van der Waals surface area contributed by atoms with Crippen LogP contribution in [0.25, 0.3) is 109 Å². The molecule has 20 nitrogen and oxygen atoms in total. The summed E-state index contributed by atoms with van der Waals surface area (Å²) < 4.78 is 26.8. The summed E-state index contributed by atoms with van der Waals surface area (Å²) in [5.41, 5.74) is 15.0. The fourth-order valence-electron chi connectivity index (χ4n) is 13.3. The summed E-state index contributed by atoms with van der Waals surface area (Å²) in [7, 11) is 6.64. The van der Waals surface area contributed by atoms with Crippen molar-refractivity contribution in [2.75, 3.05) is 28.4 Å². The molecule has 0 spiro atoms. The smallest absolute Gasteiger partial charge is 0.269 e. The van der Waals surface area contributed by atoms with E-state index in [2.05, 4.69) is 90.2 Å². The van der Waals surface area contributed by atoms with Crippen LogP contribution < -0.4 is 24.5 Å². The molecule has 3 aliphatic carbocycles. The van der Waals surface area contributed by atoms with Crippen molar-refractivity contribution in [1.29, 1.82) is 0 Å². The van der Waals surface area contributed by atoms with E-state index < -0.39 is 0 Å². The molecule has 15 heterocycles. The second-order valence-corrected chi connectivity index (χ2v) is 30.6. The topological polar surface area (TPSA) is 250 Å². The molecule has 0 aromatic carbocycles. The number of hydrogen-bond acceptors (Lipinski definition) is 24. The first-order valence-corrected chi connectivity index (χ1v) is 39.7. The standard InChI is InChI=1S/C18H19N3OS.C17H17N3OS.C16H15N3OS.C16H17N3OS.C13H11N3OS/c1-22-18-16-15(13(11-23-16)12-7-3-2-4-8-12)20-17(21-18)14-9-5-6-10-19-14;1-21-17-15-14(12(10-22-15)11-6-2-3-7-11)19-16(20-17)13-8-4-5-9-18-13;1-20-16-14-13(11(9-21-14)10-5-4-6-10)18-15(19-16)12-7-2-3-8-17-12;1-4-10(2)11-9-21-14-13(11)18-15(19-16(14)20-3)12-7-5-6-8-17-12;1-7-8(2)18-11-10(7)15-12(16-13(11)17)9-5-3-4-6-14-9/h5-6,9-12H,2-4,7-8H2,1H3;4-5,8-11H,2-3,6-7H2,1H3;2-3,7-10H,4-6H2,1H3;5-10H,4H2,1-3H3;3-6H,1-2H3,(H,15,16,17). The third-order valence-corrected chi connectivity index (χ3v) is 24.5. The Hall–Kier alpha value is -10.1. The van der Waals surface area contributed by atoms with Gasteiger partial charge in [-0.1, -0.05) is 82.7 Å². The van der Waals surface area contributed by atoms with Crippen molar-refractivity contribution in [2.45, 2.75) is 135 Å². The summed E-state index contributed by atoms with van der Waals surface area (Å²) in [6.07, 6.45) is 25.3. The van der Waals surface area contributed by atoms with Crippen LogP contribution in [0, 0.1) is 13.8 Å². The van der Waals surface area contributed by atoms with Crippen LogP contribution in [0.15, 0.2) is 148 Å². The first-order chi connectivity index (χ1) is 51.5. The van der Waals surface area contributed by atoms with Crippen molar-refractivity contribution in [3.63, 3.8) is 0 Å². The number of aryl methyl sites for hydroxylation is 2. The normalized spacial score (nSPS) is 14.1. The zero-order valence-corrected chi connectivity index (χ0v) is 63.8. The number of aromatic nitrogens is 15. The van der Waals surface area contributed by atoms with Crippen LogP contribution in [0.5, 0.6) is 23.5 Å². The number of nitrogens with zero attached hydrogens (tertiary/aromatic N) is 14. The molecule has 0 bridgehead atoms. The van der Waals surface area contributed by atoms with E-state index >= 15 is 0 Å². The molecule has 0 radical (unpaired) electrons. The number of methoxy groups -OCH3 is 4. The monoisotopic (exact) mass is 1490 g/mol. The summed E-state index contributed by atoms with van der Waals surface area (Å²) in [4.78, 5) is 79.4. The number of hydrogen-bond donors (Lipinski definition) is 1. The predicted molar refractivity (Wildman–Crippen MR) is 424 cm³/mol. The average Bonchev–Trinajstić information content (AvgIpc) is 1.70. The molecule has 15 aromatic rings. The fourth-order valence-corrected chi connectivity index (χ4v) is 18.5. The molecular formula is C80H79N15O5S5. The van der Waals surface area contributed by atoms with E-state index in [9.17, 15) is 4.79 Å². The van der Waals surface area contributed by atoms with Crippen molar-refractivity contribution >= 4 is 108 Å². The van der Waals surface area contributed by atoms with Crippen LogP contribution in [0.1, 0.15) is 154 Å². The van der Waals surface area contributed by atoms with Gasteiger partial charge < -0.3 is 23.9 Å². The zero-order valence-electron chi connectivity index (χ0n) is 59.7. The lowest BCUT2D eigenvalue weighted by molar-refractivity contribution is 0.403. The maximum absolute atomic E-state index is 12.0. The number of thiophene rings is 5. The number of nitrogens with one attached hydrogen (secondary N) is 1. The molecule has 3 saturated carbocycles. The van der Waals surface area contributed by atoms with Crippen molar-refractivity contribution in [3.05, 3.63) is 187 Å². The minimum atomic E-state index is -0.0955. The maximum Gasteiger partial charge on any atom is 0.269 e. The molecule has 15 aromatic heterocycles. The van der Waals surface area contributed by atoms with Crippen LogP contribution in [0.3, 0.4) is 0 Å². The Morgan fingerprint density at radius 1 is 0.410 bits per heavy atom. The first kappa shape index (κ1) is 71.9. The van der Waals surface area contributed by atoms with Crippen LogP contribution in [0.4, 0.5) is 0 Å². The Kier molecular flexibility index (Phi) is 22.9. The Labute approximate surface area is 628 Å². The Morgan fingerprint density at radius 3 is 1.10 bits per heavy atom. The molecule has 3 fully saturated rings. The number of aromatic amines is 1. The highest BCUT2D eigenvalue weighted by molar-refractivity contribution is 7.19. The van der Waals surface area contributed by atoms with Gasteiger partial charge in [0.2, 0.25) is 23.5 Å². The Bertz CT molecular complexity index is 5370. The highest BCUT2D eigenvalue weighted by Gasteiger charge is 2.28. The number of fused-ring (bicyclic) bond motifs is 5. The number of H-pyrrole nitrogens is 1. The molecule has 1 atom stereocenters. The van der Waals surface area contributed by atoms with Gasteiger partial charge in [-0.25, -0.2) is 24.9 Å². The van der Waals surface area contributed by atoms with Crippen LogP contribution in [-0.4, -0.2) is 103 Å². The lowest BCUT2D eigenvalue weighted by atomic mass is 9.81. The molecule has 18 rings (SSSR count). The van der Waals surface area contributed by atoms with Gasteiger partial charge in [-0.2, -0.15) is 19.9 Å².